The van der Waals surface area contributed by atoms with Crippen molar-refractivity contribution in [3.8, 4) is 5.75 Å². The quantitative estimate of drug-likeness (QED) is 0.831. The fourth-order valence-electron chi connectivity index (χ4n) is 1.97. The molecule has 0 bridgehead atoms. The summed E-state index contributed by atoms with van der Waals surface area (Å²) in [6.07, 6.45) is 0.431. The van der Waals surface area contributed by atoms with Crippen molar-refractivity contribution in [3.05, 3.63) is 35.7 Å². The van der Waals surface area contributed by atoms with Crippen molar-refractivity contribution in [1.82, 2.24) is 4.98 Å². The maximum Gasteiger partial charge on any atom is 0.195 e. The number of carbonyl (C=O) groups excluding carboxylic acids is 1. The second kappa shape index (κ2) is 4.97. The third-order valence-electron chi connectivity index (χ3n) is 3.18. The first-order valence-electron chi connectivity index (χ1n) is 6.22. The molecule has 0 saturated carbocycles. The Kier molecular flexibility index (Phi) is 3.53. The molecule has 4 heteroatoms. The lowest BCUT2D eigenvalue weighted by Gasteiger charge is -2.14. The Hall–Kier alpha value is -1.94. The van der Waals surface area contributed by atoms with Crippen LogP contribution in [0.1, 0.15) is 29.9 Å². The molecule has 0 aliphatic carbocycles. The van der Waals surface area contributed by atoms with Crippen molar-refractivity contribution in [2.45, 2.75) is 26.9 Å². The molecule has 1 aromatic carbocycles. The van der Waals surface area contributed by atoms with Gasteiger partial charge < -0.3 is 10.2 Å². The number of rotatable bonds is 3. The summed E-state index contributed by atoms with van der Waals surface area (Å²) in [6.45, 7) is 5.37. The lowest BCUT2D eigenvalue weighted by atomic mass is 9.95. The lowest BCUT2D eigenvalue weighted by Crippen LogP contribution is -2.26. The summed E-state index contributed by atoms with van der Waals surface area (Å²) in [5.74, 6) is -0.775. The molecular formula is C15H17NO3. The molecule has 1 unspecified atom stereocenters. The topological polar surface area (TPSA) is 70.4 Å². The highest BCUT2D eigenvalue weighted by atomic mass is 16.3. The van der Waals surface area contributed by atoms with Crippen LogP contribution in [0.25, 0.3) is 10.8 Å². The van der Waals surface area contributed by atoms with E-state index in [0.29, 0.717) is 5.39 Å². The average molecular weight is 259 g/mol. The SMILES string of the molecule is Cc1cc2ccc(C(=O)C(O)C(C)C)c(O)c2cn1. The van der Waals surface area contributed by atoms with Crippen molar-refractivity contribution in [1.29, 1.82) is 0 Å². The third-order valence-corrected chi connectivity index (χ3v) is 3.18. The van der Waals surface area contributed by atoms with Crippen LogP contribution >= 0.6 is 0 Å². The summed E-state index contributed by atoms with van der Waals surface area (Å²) in [6, 6.07) is 5.14. The zero-order valence-electron chi connectivity index (χ0n) is 11.2. The van der Waals surface area contributed by atoms with Gasteiger partial charge in [-0.3, -0.25) is 9.78 Å². The molecule has 1 aromatic heterocycles. The van der Waals surface area contributed by atoms with Crippen molar-refractivity contribution in [3.63, 3.8) is 0 Å². The van der Waals surface area contributed by atoms with E-state index in [9.17, 15) is 15.0 Å². The highest BCUT2D eigenvalue weighted by molar-refractivity contribution is 6.06. The summed E-state index contributed by atoms with van der Waals surface area (Å²) in [5.41, 5.74) is 0.979. The minimum atomic E-state index is -1.11. The van der Waals surface area contributed by atoms with Gasteiger partial charge in [0.1, 0.15) is 11.9 Å². The number of fused-ring (bicyclic) bond motifs is 1. The third kappa shape index (κ3) is 2.44. The Labute approximate surface area is 111 Å². The molecule has 0 radical (unpaired) electrons. The van der Waals surface area contributed by atoms with E-state index in [2.05, 4.69) is 4.98 Å². The summed E-state index contributed by atoms with van der Waals surface area (Å²) in [7, 11) is 0. The minimum Gasteiger partial charge on any atom is -0.506 e. The fraction of sp³-hybridized carbons (Fsp3) is 0.333. The van der Waals surface area contributed by atoms with Crippen LogP contribution in [0.4, 0.5) is 0 Å². The number of benzene rings is 1. The lowest BCUT2D eigenvalue weighted by molar-refractivity contribution is 0.0645. The summed E-state index contributed by atoms with van der Waals surface area (Å²) in [4.78, 5) is 16.2. The number of aliphatic hydroxyl groups excluding tert-OH is 1. The van der Waals surface area contributed by atoms with Crippen molar-refractivity contribution in [2.75, 3.05) is 0 Å². The number of carbonyl (C=O) groups is 1. The number of Topliss-reactive ketones (excluding diaryl/α,β-unsaturated/α-hetero) is 1. The van der Waals surface area contributed by atoms with Gasteiger partial charge in [0.15, 0.2) is 5.78 Å². The van der Waals surface area contributed by atoms with E-state index >= 15 is 0 Å². The smallest absolute Gasteiger partial charge is 0.195 e. The van der Waals surface area contributed by atoms with Gasteiger partial charge in [-0.1, -0.05) is 19.9 Å². The van der Waals surface area contributed by atoms with Crippen LogP contribution in [0.15, 0.2) is 24.4 Å². The van der Waals surface area contributed by atoms with Gasteiger partial charge in [-0.15, -0.1) is 0 Å². The molecule has 19 heavy (non-hydrogen) atoms. The zero-order chi connectivity index (χ0) is 14.2. The highest BCUT2D eigenvalue weighted by Gasteiger charge is 2.23. The van der Waals surface area contributed by atoms with Crippen LogP contribution in [-0.2, 0) is 0 Å². The van der Waals surface area contributed by atoms with Gasteiger partial charge in [0.05, 0.1) is 5.56 Å². The molecule has 2 rings (SSSR count). The normalized spacial score (nSPS) is 12.9. The van der Waals surface area contributed by atoms with Gasteiger partial charge in [0.2, 0.25) is 0 Å². The number of ketones is 1. The molecular weight excluding hydrogens is 242 g/mol. The molecule has 100 valence electrons. The number of aromatic nitrogens is 1. The number of aromatic hydroxyl groups is 1. The zero-order valence-corrected chi connectivity index (χ0v) is 11.2. The molecule has 0 saturated heterocycles. The molecule has 0 fully saturated rings. The first-order valence-corrected chi connectivity index (χ1v) is 6.22. The van der Waals surface area contributed by atoms with Gasteiger partial charge >= 0.3 is 0 Å². The number of nitrogens with zero attached hydrogens (tertiary/aromatic N) is 1. The van der Waals surface area contributed by atoms with E-state index in [0.717, 1.165) is 11.1 Å². The Balaban J connectivity index is 2.54. The van der Waals surface area contributed by atoms with Crippen LogP contribution in [0, 0.1) is 12.8 Å². The number of phenolic OH excluding ortho intramolecular Hbond substituents is 1. The van der Waals surface area contributed by atoms with Crippen LogP contribution in [0.3, 0.4) is 0 Å². The van der Waals surface area contributed by atoms with Crippen LogP contribution in [0.2, 0.25) is 0 Å². The Morgan fingerprint density at radius 2 is 2.00 bits per heavy atom. The molecule has 0 spiro atoms. The maximum absolute atomic E-state index is 12.1. The van der Waals surface area contributed by atoms with Crippen molar-refractivity contribution in [2.24, 2.45) is 5.92 Å². The standard InChI is InChI=1S/C15H17NO3/c1-8(2)13(17)15(19)11-5-4-10-6-9(3)16-7-12(10)14(11)18/h4-8,13,17-18H,1-3H3. The predicted octanol–water partition coefficient (Wildman–Crippen LogP) is 2.45. The number of hydrogen-bond donors (Lipinski definition) is 2. The van der Waals surface area contributed by atoms with E-state index in [1.165, 1.54) is 0 Å². The molecule has 0 aliphatic heterocycles. The summed E-state index contributed by atoms with van der Waals surface area (Å²) in [5, 5.41) is 21.3. The number of hydrogen-bond acceptors (Lipinski definition) is 4. The first kappa shape index (κ1) is 13.5. The molecule has 2 aromatic rings. The van der Waals surface area contributed by atoms with E-state index in [4.69, 9.17) is 0 Å². The number of phenols is 1. The minimum absolute atomic E-state index is 0.116. The summed E-state index contributed by atoms with van der Waals surface area (Å²) < 4.78 is 0. The fourth-order valence-corrected chi connectivity index (χ4v) is 1.97. The highest BCUT2D eigenvalue weighted by Crippen LogP contribution is 2.30. The van der Waals surface area contributed by atoms with Crippen LogP contribution in [-0.4, -0.2) is 27.1 Å². The van der Waals surface area contributed by atoms with Gasteiger partial charge in [0.25, 0.3) is 0 Å². The Morgan fingerprint density at radius 1 is 1.32 bits per heavy atom. The molecule has 0 aliphatic rings. The maximum atomic E-state index is 12.1. The molecule has 0 amide bonds. The van der Waals surface area contributed by atoms with E-state index in [1.54, 1.807) is 32.2 Å². The van der Waals surface area contributed by atoms with E-state index in [1.807, 2.05) is 13.0 Å². The second-order valence-electron chi connectivity index (χ2n) is 5.06. The van der Waals surface area contributed by atoms with Crippen molar-refractivity contribution < 1.29 is 15.0 Å². The second-order valence-corrected chi connectivity index (χ2v) is 5.06. The molecule has 1 atom stereocenters. The van der Waals surface area contributed by atoms with Crippen molar-refractivity contribution >= 4 is 16.6 Å². The monoisotopic (exact) mass is 259 g/mol. The first-order chi connectivity index (χ1) is 8.91. The van der Waals surface area contributed by atoms with Gasteiger partial charge in [-0.2, -0.15) is 0 Å². The molecule has 4 nitrogen and oxygen atoms in total. The van der Waals surface area contributed by atoms with Gasteiger partial charge in [0, 0.05) is 17.3 Å². The molecule has 1 heterocycles. The van der Waals surface area contributed by atoms with Gasteiger partial charge in [-0.05, 0) is 30.4 Å². The van der Waals surface area contributed by atoms with Crippen LogP contribution in [0.5, 0.6) is 5.75 Å². The number of pyridine rings is 1. The van der Waals surface area contributed by atoms with Gasteiger partial charge in [-0.25, -0.2) is 0 Å². The molecule has 2 N–H and O–H groups in total. The Bertz CT molecular complexity index is 635. The van der Waals surface area contributed by atoms with E-state index < -0.39 is 11.9 Å². The largest absolute Gasteiger partial charge is 0.506 e. The van der Waals surface area contributed by atoms with Crippen LogP contribution < -0.4 is 0 Å². The predicted molar refractivity (Wildman–Crippen MR) is 73.3 cm³/mol. The number of aliphatic hydroxyl groups is 1. The number of aryl methyl sites for hydroxylation is 1. The average Bonchev–Trinajstić information content (AvgIpc) is 2.37. The van der Waals surface area contributed by atoms with E-state index in [-0.39, 0.29) is 17.2 Å². The summed E-state index contributed by atoms with van der Waals surface area (Å²) >= 11 is 0. The Morgan fingerprint density at radius 3 is 2.63 bits per heavy atom.